The van der Waals surface area contributed by atoms with Gasteiger partial charge in [-0.25, -0.2) is 0 Å². The van der Waals surface area contributed by atoms with Crippen LogP contribution in [-0.2, 0) is 4.79 Å². The van der Waals surface area contributed by atoms with Gasteiger partial charge in [-0.2, -0.15) is 0 Å². The molecule has 1 aliphatic heterocycles. The molecule has 0 aromatic heterocycles. The van der Waals surface area contributed by atoms with Crippen molar-refractivity contribution in [3.63, 3.8) is 0 Å². The van der Waals surface area contributed by atoms with Gasteiger partial charge in [-0.15, -0.1) is 0 Å². The minimum absolute atomic E-state index is 0.189. The largest absolute Gasteiger partial charge is 0.335 e. The Kier molecular flexibility index (Phi) is 3.41. The van der Waals surface area contributed by atoms with E-state index in [1.165, 1.54) is 25.7 Å². The van der Waals surface area contributed by atoms with Crippen LogP contribution in [0.5, 0.6) is 0 Å². The number of carbonyl (C=O) groups is 1. The molecule has 1 heterocycles. The van der Waals surface area contributed by atoms with Crippen molar-refractivity contribution in [2.75, 3.05) is 13.1 Å². The van der Waals surface area contributed by atoms with Gasteiger partial charge in [0.2, 0.25) is 5.91 Å². The van der Waals surface area contributed by atoms with Crippen LogP contribution in [-0.4, -0.2) is 36.0 Å². The zero-order chi connectivity index (χ0) is 10.7. The molecule has 2 fully saturated rings. The Balaban J connectivity index is 1.90. The second-order valence-electron chi connectivity index (χ2n) is 4.52. The van der Waals surface area contributed by atoms with Gasteiger partial charge in [0.1, 0.15) is 0 Å². The van der Waals surface area contributed by atoms with Crippen LogP contribution in [0, 0.1) is 0 Å². The van der Waals surface area contributed by atoms with E-state index < -0.39 is 0 Å². The van der Waals surface area contributed by atoms with Crippen molar-refractivity contribution in [2.24, 2.45) is 0 Å². The molecular formula is C12H20N2O. The summed E-state index contributed by atoms with van der Waals surface area (Å²) in [7, 11) is 0. The second-order valence-corrected chi connectivity index (χ2v) is 4.52. The molecule has 1 atom stereocenters. The van der Waals surface area contributed by atoms with Crippen LogP contribution in [0.3, 0.4) is 0 Å². The van der Waals surface area contributed by atoms with Crippen LogP contribution >= 0.6 is 0 Å². The van der Waals surface area contributed by atoms with Crippen molar-refractivity contribution in [2.45, 2.75) is 44.7 Å². The molecule has 0 aromatic rings. The molecule has 1 N–H and O–H groups in total. The van der Waals surface area contributed by atoms with Crippen molar-refractivity contribution >= 4 is 5.91 Å². The normalized spacial score (nSPS) is 26.1. The zero-order valence-electron chi connectivity index (χ0n) is 9.41. The van der Waals surface area contributed by atoms with E-state index in [-0.39, 0.29) is 5.91 Å². The van der Waals surface area contributed by atoms with Gasteiger partial charge in [0.25, 0.3) is 0 Å². The van der Waals surface area contributed by atoms with E-state index in [9.17, 15) is 4.79 Å². The quantitative estimate of drug-likeness (QED) is 0.706. The first kappa shape index (κ1) is 10.7. The fraction of sp³-hybridized carbons (Fsp3) is 0.750. The Bertz CT molecular complexity index is 252. The Morgan fingerprint density at radius 3 is 2.80 bits per heavy atom. The number of allylic oxidation sites excluding steroid dienone is 1. The molecule has 2 aliphatic rings. The standard InChI is InChI=1S/C12H20N2O/c1-2-4-12(15)14(11-6-7-11)9-10-5-3-8-13-10/h2,4,10-11,13H,3,5-9H2,1H3/b4-2+. The van der Waals surface area contributed by atoms with Crippen LogP contribution in [0.15, 0.2) is 12.2 Å². The summed E-state index contributed by atoms with van der Waals surface area (Å²) < 4.78 is 0. The molecular weight excluding hydrogens is 188 g/mol. The molecule has 1 unspecified atom stereocenters. The van der Waals surface area contributed by atoms with Crippen LogP contribution in [0.1, 0.15) is 32.6 Å². The highest BCUT2D eigenvalue weighted by molar-refractivity contribution is 5.88. The number of hydrogen-bond donors (Lipinski definition) is 1. The minimum atomic E-state index is 0.189. The second kappa shape index (κ2) is 4.79. The van der Waals surface area contributed by atoms with Gasteiger partial charge in [0.05, 0.1) is 0 Å². The molecule has 3 heteroatoms. The molecule has 2 rings (SSSR count). The van der Waals surface area contributed by atoms with Gasteiger partial charge in [-0.3, -0.25) is 4.79 Å². The lowest BCUT2D eigenvalue weighted by atomic mass is 10.2. The number of amides is 1. The number of carbonyl (C=O) groups excluding carboxylic acids is 1. The Morgan fingerprint density at radius 2 is 2.27 bits per heavy atom. The molecule has 1 saturated carbocycles. The van der Waals surface area contributed by atoms with E-state index in [4.69, 9.17) is 0 Å². The Labute approximate surface area is 91.5 Å². The summed E-state index contributed by atoms with van der Waals surface area (Å²) in [5.41, 5.74) is 0. The summed E-state index contributed by atoms with van der Waals surface area (Å²) in [6, 6.07) is 1.05. The number of nitrogens with zero attached hydrogens (tertiary/aromatic N) is 1. The number of nitrogens with one attached hydrogen (secondary N) is 1. The highest BCUT2D eigenvalue weighted by Gasteiger charge is 2.33. The van der Waals surface area contributed by atoms with Crippen LogP contribution in [0.4, 0.5) is 0 Å². The average molecular weight is 208 g/mol. The number of hydrogen-bond acceptors (Lipinski definition) is 2. The van der Waals surface area contributed by atoms with Crippen molar-refractivity contribution in [1.82, 2.24) is 10.2 Å². The lowest BCUT2D eigenvalue weighted by Crippen LogP contribution is -2.41. The molecule has 15 heavy (non-hydrogen) atoms. The SMILES string of the molecule is C/C=C/C(=O)N(CC1CCCN1)C1CC1. The maximum atomic E-state index is 11.8. The molecule has 1 aliphatic carbocycles. The van der Waals surface area contributed by atoms with Gasteiger partial charge < -0.3 is 10.2 Å². The minimum Gasteiger partial charge on any atom is -0.335 e. The lowest BCUT2D eigenvalue weighted by molar-refractivity contribution is -0.126. The highest BCUT2D eigenvalue weighted by Crippen LogP contribution is 2.27. The van der Waals surface area contributed by atoms with E-state index in [2.05, 4.69) is 5.32 Å². The summed E-state index contributed by atoms with van der Waals surface area (Å²) in [6.07, 6.45) is 8.37. The van der Waals surface area contributed by atoms with Crippen LogP contribution < -0.4 is 5.32 Å². The van der Waals surface area contributed by atoms with Gasteiger partial charge in [0.15, 0.2) is 0 Å². The van der Waals surface area contributed by atoms with E-state index >= 15 is 0 Å². The first-order valence-corrected chi connectivity index (χ1v) is 5.98. The molecule has 0 radical (unpaired) electrons. The third kappa shape index (κ3) is 2.81. The topological polar surface area (TPSA) is 32.3 Å². The summed E-state index contributed by atoms with van der Waals surface area (Å²) >= 11 is 0. The molecule has 1 amide bonds. The average Bonchev–Trinajstić information content (AvgIpc) is 2.93. The van der Waals surface area contributed by atoms with Crippen LogP contribution in [0.25, 0.3) is 0 Å². The van der Waals surface area contributed by atoms with E-state index in [1.54, 1.807) is 6.08 Å². The van der Waals surface area contributed by atoms with Crippen LogP contribution in [0.2, 0.25) is 0 Å². The predicted octanol–water partition coefficient (Wildman–Crippen LogP) is 1.31. The summed E-state index contributed by atoms with van der Waals surface area (Å²) in [5, 5.41) is 3.45. The molecule has 0 bridgehead atoms. The first-order valence-electron chi connectivity index (χ1n) is 5.98. The van der Waals surface area contributed by atoms with Crippen molar-refractivity contribution in [3.05, 3.63) is 12.2 Å². The fourth-order valence-corrected chi connectivity index (χ4v) is 2.19. The maximum absolute atomic E-state index is 11.8. The van der Waals surface area contributed by atoms with E-state index in [0.717, 1.165) is 13.1 Å². The smallest absolute Gasteiger partial charge is 0.246 e. The molecule has 0 spiro atoms. The summed E-state index contributed by atoms with van der Waals surface area (Å²) in [6.45, 7) is 3.91. The first-order chi connectivity index (χ1) is 7.31. The van der Waals surface area contributed by atoms with E-state index in [0.29, 0.717) is 12.1 Å². The van der Waals surface area contributed by atoms with Gasteiger partial charge in [0, 0.05) is 18.6 Å². The zero-order valence-corrected chi connectivity index (χ0v) is 9.41. The summed E-state index contributed by atoms with van der Waals surface area (Å²) in [5.74, 6) is 0.189. The highest BCUT2D eigenvalue weighted by atomic mass is 16.2. The van der Waals surface area contributed by atoms with Crippen molar-refractivity contribution in [1.29, 1.82) is 0 Å². The maximum Gasteiger partial charge on any atom is 0.246 e. The lowest BCUT2D eigenvalue weighted by Gasteiger charge is -2.24. The predicted molar refractivity (Wildman–Crippen MR) is 60.6 cm³/mol. The van der Waals surface area contributed by atoms with Gasteiger partial charge in [-0.05, 0) is 45.2 Å². The summed E-state index contributed by atoms with van der Waals surface area (Å²) in [4.78, 5) is 13.9. The molecule has 3 nitrogen and oxygen atoms in total. The van der Waals surface area contributed by atoms with Gasteiger partial charge >= 0.3 is 0 Å². The van der Waals surface area contributed by atoms with Crippen molar-refractivity contribution < 1.29 is 4.79 Å². The molecule has 0 aromatic carbocycles. The van der Waals surface area contributed by atoms with E-state index in [1.807, 2.05) is 17.9 Å². The number of rotatable bonds is 4. The third-order valence-electron chi connectivity index (χ3n) is 3.16. The Morgan fingerprint density at radius 1 is 1.47 bits per heavy atom. The Hall–Kier alpha value is -0.830. The fourth-order valence-electron chi connectivity index (χ4n) is 2.19. The molecule has 84 valence electrons. The molecule has 1 saturated heterocycles. The monoisotopic (exact) mass is 208 g/mol. The van der Waals surface area contributed by atoms with Gasteiger partial charge in [-0.1, -0.05) is 6.08 Å². The van der Waals surface area contributed by atoms with Crippen molar-refractivity contribution in [3.8, 4) is 0 Å². The third-order valence-corrected chi connectivity index (χ3v) is 3.16.